The van der Waals surface area contributed by atoms with Crippen LogP contribution in [0.1, 0.15) is 17.0 Å². The zero-order chi connectivity index (χ0) is 21.6. The Morgan fingerprint density at radius 2 is 1.42 bits per heavy atom. The molecule has 4 aromatic rings. The fourth-order valence-electron chi connectivity index (χ4n) is 3.65. The van der Waals surface area contributed by atoms with Gasteiger partial charge in [-0.25, -0.2) is 0 Å². The number of carbonyl (C=O) groups is 1. The molecule has 0 bridgehead atoms. The molecule has 0 radical (unpaired) electrons. The SMILES string of the molecule is N[C@H](C(=O)Nc1ccc(-c2ccncc2Cl)cc1)C(c1ccccc1)c1ccccc1. The van der Waals surface area contributed by atoms with Crippen molar-refractivity contribution in [3.8, 4) is 11.1 Å². The smallest absolute Gasteiger partial charge is 0.242 e. The van der Waals surface area contributed by atoms with Gasteiger partial charge >= 0.3 is 0 Å². The summed E-state index contributed by atoms with van der Waals surface area (Å²) in [6, 6.07) is 28.3. The van der Waals surface area contributed by atoms with Crippen LogP contribution in [0.3, 0.4) is 0 Å². The van der Waals surface area contributed by atoms with Crippen LogP contribution in [0.2, 0.25) is 5.02 Å². The van der Waals surface area contributed by atoms with Crippen LogP contribution in [0.15, 0.2) is 103 Å². The van der Waals surface area contributed by atoms with E-state index in [1.165, 1.54) is 0 Å². The third-order valence-electron chi connectivity index (χ3n) is 5.22. The van der Waals surface area contributed by atoms with E-state index in [1.54, 1.807) is 12.4 Å². The first-order valence-corrected chi connectivity index (χ1v) is 10.4. The van der Waals surface area contributed by atoms with Crippen LogP contribution in [0.25, 0.3) is 11.1 Å². The Kier molecular flexibility index (Phi) is 6.41. The zero-order valence-electron chi connectivity index (χ0n) is 16.8. The van der Waals surface area contributed by atoms with Crippen LogP contribution in [0.5, 0.6) is 0 Å². The van der Waals surface area contributed by atoms with Gasteiger partial charge in [-0.15, -0.1) is 0 Å². The van der Waals surface area contributed by atoms with Crippen LogP contribution in [-0.2, 0) is 4.79 Å². The molecule has 3 aromatic carbocycles. The van der Waals surface area contributed by atoms with E-state index in [0.717, 1.165) is 22.3 Å². The van der Waals surface area contributed by atoms with Gasteiger partial charge in [-0.1, -0.05) is 84.4 Å². The summed E-state index contributed by atoms with van der Waals surface area (Å²) >= 11 is 6.23. The van der Waals surface area contributed by atoms with Crippen LogP contribution in [0, 0.1) is 0 Å². The number of amides is 1. The van der Waals surface area contributed by atoms with Crippen LogP contribution in [0.4, 0.5) is 5.69 Å². The number of nitrogens with zero attached hydrogens (tertiary/aromatic N) is 1. The molecule has 5 heteroatoms. The van der Waals surface area contributed by atoms with Gasteiger partial charge in [0.2, 0.25) is 5.91 Å². The monoisotopic (exact) mass is 427 g/mol. The molecule has 0 saturated carbocycles. The summed E-state index contributed by atoms with van der Waals surface area (Å²) < 4.78 is 0. The molecule has 0 aliphatic rings. The molecular formula is C26H22ClN3O. The molecule has 1 heterocycles. The molecule has 1 amide bonds. The van der Waals surface area contributed by atoms with Gasteiger partial charge in [0.25, 0.3) is 0 Å². The van der Waals surface area contributed by atoms with E-state index in [-0.39, 0.29) is 11.8 Å². The lowest BCUT2D eigenvalue weighted by Gasteiger charge is -2.24. The first kappa shape index (κ1) is 20.8. The Balaban J connectivity index is 1.55. The van der Waals surface area contributed by atoms with Crippen molar-refractivity contribution >= 4 is 23.2 Å². The second kappa shape index (κ2) is 9.56. The van der Waals surface area contributed by atoms with Crippen LogP contribution >= 0.6 is 11.6 Å². The van der Waals surface area contributed by atoms with Crippen molar-refractivity contribution in [1.29, 1.82) is 0 Å². The maximum Gasteiger partial charge on any atom is 0.242 e. The second-order valence-corrected chi connectivity index (χ2v) is 7.65. The summed E-state index contributed by atoms with van der Waals surface area (Å²) in [4.78, 5) is 17.1. The highest BCUT2D eigenvalue weighted by atomic mass is 35.5. The highest BCUT2D eigenvalue weighted by molar-refractivity contribution is 6.33. The van der Waals surface area contributed by atoms with Crippen molar-refractivity contribution in [3.05, 3.63) is 120 Å². The van der Waals surface area contributed by atoms with E-state index in [1.807, 2.05) is 91.0 Å². The number of anilines is 1. The predicted octanol–water partition coefficient (Wildman–Crippen LogP) is 5.50. The summed E-state index contributed by atoms with van der Waals surface area (Å²) in [5.74, 6) is -0.496. The normalized spacial score (nSPS) is 11.8. The van der Waals surface area contributed by atoms with E-state index < -0.39 is 6.04 Å². The third kappa shape index (κ3) is 4.82. The van der Waals surface area contributed by atoms with E-state index >= 15 is 0 Å². The summed E-state index contributed by atoms with van der Waals surface area (Å²) in [6.07, 6.45) is 3.31. The maximum absolute atomic E-state index is 13.0. The number of rotatable bonds is 6. The molecule has 4 rings (SSSR count). The van der Waals surface area contributed by atoms with Crippen molar-refractivity contribution in [2.75, 3.05) is 5.32 Å². The van der Waals surface area contributed by atoms with Gasteiger partial charge in [0.15, 0.2) is 0 Å². The molecule has 1 aromatic heterocycles. The number of aromatic nitrogens is 1. The average Bonchev–Trinajstić information content (AvgIpc) is 2.81. The maximum atomic E-state index is 13.0. The van der Waals surface area contributed by atoms with Gasteiger partial charge in [-0.05, 0) is 34.9 Å². The molecule has 0 fully saturated rings. The predicted molar refractivity (Wildman–Crippen MR) is 126 cm³/mol. The number of halogens is 1. The van der Waals surface area contributed by atoms with Gasteiger partial charge < -0.3 is 11.1 Å². The standard InChI is InChI=1S/C26H22ClN3O/c27-23-17-29-16-15-22(23)18-11-13-21(14-12-18)30-26(31)25(28)24(19-7-3-1-4-8-19)20-9-5-2-6-10-20/h1-17,24-25H,28H2,(H,30,31)/t25-/m0/s1. The number of hydrogen-bond acceptors (Lipinski definition) is 3. The quantitative estimate of drug-likeness (QED) is 0.427. The van der Waals surface area contributed by atoms with Crippen LogP contribution < -0.4 is 11.1 Å². The van der Waals surface area contributed by atoms with E-state index in [9.17, 15) is 4.79 Å². The summed E-state index contributed by atoms with van der Waals surface area (Å²) in [5.41, 5.74) is 11.0. The van der Waals surface area contributed by atoms with Gasteiger partial charge in [0, 0.05) is 29.6 Å². The van der Waals surface area contributed by atoms with Gasteiger partial charge in [-0.2, -0.15) is 0 Å². The molecule has 0 unspecified atom stereocenters. The molecule has 31 heavy (non-hydrogen) atoms. The number of nitrogens with two attached hydrogens (primary N) is 1. The largest absolute Gasteiger partial charge is 0.325 e. The van der Waals surface area contributed by atoms with Crippen molar-refractivity contribution in [2.24, 2.45) is 5.73 Å². The average molecular weight is 428 g/mol. The Morgan fingerprint density at radius 1 is 0.839 bits per heavy atom. The molecule has 0 aliphatic heterocycles. The number of hydrogen-bond donors (Lipinski definition) is 2. The summed E-state index contributed by atoms with van der Waals surface area (Å²) in [6.45, 7) is 0. The Bertz CT molecular complexity index is 1110. The van der Waals surface area contributed by atoms with Crippen LogP contribution in [-0.4, -0.2) is 16.9 Å². The minimum atomic E-state index is -0.751. The molecule has 0 aliphatic carbocycles. The molecule has 154 valence electrons. The molecule has 3 N–H and O–H groups in total. The fraction of sp³-hybridized carbons (Fsp3) is 0.0769. The highest BCUT2D eigenvalue weighted by Crippen LogP contribution is 2.29. The van der Waals surface area contributed by atoms with Crippen molar-refractivity contribution in [3.63, 3.8) is 0 Å². The molecule has 0 saturated heterocycles. The minimum Gasteiger partial charge on any atom is -0.325 e. The van der Waals surface area contributed by atoms with E-state index in [2.05, 4.69) is 10.3 Å². The number of benzene rings is 3. The third-order valence-corrected chi connectivity index (χ3v) is 5.52. The van der Waals surface area contributed by atoms with Crippen molar-refractivity contribution < 1.29 is 4.79 Å². The lowest BCUT2D eigenvalue weighted by molar-refractivity contribution is -0.117. The van der Waals surface area contributed by atoms with E-state index in [4.69, 9.17) is 17.3 Å². The summed E-state index contributed by atoms with van der Waals surface area (Å²) in [5, 5.41) is 3.52. The number of carbonyl (C=O) groups excluding carboxylic acids is 1. The number of nitrogens with one attached hydrogen (secondary N) is 1. The lowest BCUT2D eigenvalue weighted by atomic mass is 9.85. The van der Waals surface area contributed by atoms with Crippen molar-refractivity contribution in [2.45, 2.75) is 12.0 Å². The molecule has 4 nitrogen and oxygen atoms in total. The second-order valence-electron chi connectivity index (χ2n) is 7.25. The topological polar surface area (TPSA) is 68.0 Å². The fourth-order valence-corrected chi connectivity index (χ4v) is 3.88. The number of pyridine rings is 1. The summed E-state index contributed by atoms with van der Waals surface area (Å²) in [7, 11) is 0. The molecule has 0 spiro atoms. The minimum absolute atomic E-state index is 0.243. The van der Waals surface area contributed by atoms with E-state index in [0.29, 0.717) is 10.7 Å². The highest BCUT2D eigenvalue weighted by Gasteiger charge is 2.27. The molecular weight excluding hydrogens is 406 g/mol. The van der Waals surface area contributed by atoms with Gasteiger partial charge in [0.05, 0.1) is 11.1 Å². The van der Waals surface area contributed by atoms with Gasteiger partial charge in [0.1, 0.15) is 0 Å². The first-order chi connectivity index (χ1) is 15.1. The van der Waals surface area contributed by atoms with Crippen molar-refractivity contribution in [1.82, 2.24) is 4.98 Å². The Morgan fingerprint density at radius 3 is 1.97 bits per heavy atom. The van der Waals surface area contributed by atoms with Gasteiger partial charge in [-0.3, -0.25) is 9.78 Å². The lowest BCUT2D eigenvalue weighted by Crippen LogP contribution is -2.41. The zero-order valence-corrected chi connectivity index (χ0v) is 17.5. The first-order valence-electron chi connectivity index (χ1n) is 10.00. The Labute approximate surface area is 186 Å². The Hall–Kier alpha value is -3.47. The molecule has 1 atom stereocenters.